The van der Waals surface area contributed by atoms with Gasteiger partial charge in [0.1, 0.15) is 17.7 Å². The Kier molecular flexibility index (Phi) is 4.24. The highest BCUT2D eigenvalue weighted by Gasteiger charge is 2.19. The van der Waals surface area contributed by atoms with Gasteiger partial charge in [0.2, 0.25) is 0 Å². The normalized spacial score (nSPS) is 12.3. The van der Waals surface area contributed by atoms with Gasteiger partial charge >= 0.3 is 0 Å². The van der Waals surface area contributed by atoms with Crippen LogP contribution in [0.25, 0.3) is 27.6 Å². The number of halogens is 1. The molecule has 0 aliphatic heterocycles. The third-order valence-electron chi connectivity index (χ3n) is 5.06. The Labute approximate surface area is 170 Å². The van der Waals surface area contributed by atoms with Crippen molar-refractivity contribution in [3.05, 3.63) is 89.1 Å². The maximum absolute atomic E-state index is 14.5. The van der Waals surface area contributed by atoms with Crippen molar-refractivity contribution < 1.29 is 4.39 Å². The maximum Gasteiger partial charge on any atom is 0.266 e. The highest BCUT2D eigenvalue weighted by atomic mass is 19.1. The highest BCUT2D eigenvalue weighted by molar-refractivity contribution is 5.84. The molecule has 0 bridgehead atoms. The summed E-state index contributed by atoms with van der Waals surface area (Å²) in [5.41, 5.74) is 2.14. The molecule has 0 saturated carbocycles. The van der Waals surface area contributed by atoms with Crippen molar-refractivity contribution >= 4 is 27.8 Å². The Morgan fingerprint density at radius 3 is 2.73 bits per heavy atom. The first kappa shape index (κ1) is 18.0. The minimum Gasteiger partial charge on any atom is -0.360 e. The number of aromatic nitrogens is 5. The summed E-state index contributed by atoms with van der Waals surface area (Å²) in [5, 5.41) is 3.94. The van der Waals surface area contributed by atoms with Crippen molar-refractivity contribution in [3.63, 3.8) is 0 Å². The summed E-state index contributed by atoms with van der Waals surface area (Å²) in [5.74, 6) is 0.0284. The Morgan fingerprint density at radius 1 is 1.07 bits per heavy atom. The minimum absolute atomic E-state index is 0.0651. The van der Waals surface area contributed by atoms with E-state index in [0.717, 1.165) is 0 Å². The molecule has 8 heteroatoms. The molecular formula is C22H17FN6O. The predicted molar refractivity (Wildman–Crippen MR) is 113 cm³/mol. The standard InChI is InChI=1S/C22H17FN6O/c1-13(28-21-19-20(25-11-24-19)26-12-27-21)17-10-14-6-5-9-16(23)18(14)22(30)29(17)15-7-3-2-4-8-15/h2-13H,1H3,(H2,24,25,26,27,28). The molecule has 0 amide bonds. The van der Waals surface area contributed by atoms with Crippen molar-refractivity contribution in [2.45, 2.75) is 13.0 Å². The van der Waals surface area contributed by atoms with E-state index in [9.17, 15) is 9.18 Å². The highest BCUT2D eigenvalue weighted by Crippen LogP contribution is 2.26. The van der Waals surface area contributed by atoms with Gasteiger partial charge in [-0.05, 0) is 36.6 Å². The molecule has 2 N–H and O–H groups in total. The Hall–Kier alpha value is -4.07. The van der Waals surface area contributed by atoms with Gasteiger partial charge < -0.3 is 10.3 Å². The van der Waals surface area contributed by atoms with Crippen LogP contribution in [0.2, 0.25) is 0 Å². The second-order valence-corrected chi connectivity index (χ2v) is 6.94. The zero-order chi connectivity index (χ0) is 20.7. The molecule has 1 atom stereocenters. The molecule has 3 aromatic heterocycles. The zero-order valence-electron chi connectivity index (χ0n) is 16.0. The Bertz CT molecular complexity index is 1430. The first-order chi connectivity index (χ1) is 14.6. The molecule has 7 nitrogen and oxygen atoms in total. The van der Waals surface area contributed by atoms with Gasteiger partial charge in [0.25, 0.3) is 5.56 Å². The monoisotopic (exact) mass is 400 g/mol. The second kappa shape index (κ2) is 7.07. The number of hydrogen-bond acceptors (Lipinski definition) is 5. The number of fused-ring (bicyclic) bond motifs is 2. The van der Waals surface area contributed by atoms with Gasteiger partial charge in [-0.25, -0.2) is 19.3 Å². The summed E-state index contributed by atoms with van der Waals surface area (Å²) < 4.78 is 16.0. The van der Waals surface area contributed by atoms with Gasteiger partial charge in [-0.1, -0.05) is 30.3 Å². The summed E-state index contributed by atoms with van der Waals surface area (Å²) in [7, 11) is 0. The molecule has 3 heterocycles. The van der Waals surface area contributed by atoms with Crippen molar-refractivity contribution in [2.24, 2.45) is 0 Å². The molecule has 0 spiro atoms. The minimum atomic E-state index is -0.538. The summed E-state index contributed by atoms with van der Waals surface area (Å²) >= 11 is 0. The quantitative estimate of drug-likeness (QED) is 0.477. The van der Waals surface area contributed by atoms with Crippen molar-refractivity contribution in [1.29, 1.82) is 0 Å². The van der Waals surface area contributed by atoms with Gasteiger partial charge in [0, 0.05) is 11.4 Å². The fourth-order valence-electron chi connectivity index (χ4n) is 3.66. The van der Waals surface area contributed by atoms with Gasteiger partial charge in [-0.2, -0.15) is 0 Å². The SMILES string of the molecule is CC(Nc1ncnc2nc[nH]c12)c1cc2cccc(F)c2c(=O)n1-c1ccccc1. The molecule has 148 valence electrons. The van der Waals surface area contributed by atoms with E-state index in [1.807, 2.05) is 43.3 Å². The lowest BCUT2D eigenvalue weighted by atomic mass is 10.1. The molecule has 0 aliphatic rings. The number of rotatable bonds is 4. The molecule has 5 rings (SSSR count). The summed E-state index contributed by atoms with van der Waals surface area (Å²) in [4.78, 5) is 28.9. The third kappa shape index (κ3) is 2.89. The van der Waals surface area contributed by atoms with E-state index in [-0.39, 0.29) is 11.4 Å². The number of nitrogens with zero attached hydrogens (tertiary/aromatic N) is 4. The van der Waals surface area contributed by atoms with E-state index < -0.39 is 11.4 Å². The van der Waals surface area contributed by atoms with E-state index >= 15 is 0 Å². The van der Waals surface area contributed by atoms with E-state index in [0.29, 0.717) is 33.7 Å². The van der Waals surface area contributed by atoms with Crippen LogP contribution in [0.15, 0.2) is 72.0 Å². The number of H-pyrrole nitrogens is 1. The molecule has 1 unspecified atom stereocenters. The summed E-state index contributed by atoms with van der Waals surface area (Å²) in [6, 6.07) is 15.3. The number of para-hydroxylation sites is 1. The molecule has 0 fully saturated rings. The number of imidazole rings is 1. The van der Waals surface area contributed by atoms with Crippen LogP contribution in [0.4, 0.5) is 10.2 Å². The molecule has 0 radical (unpaired) electrons. The van der Waals surface area contributed by atoms with Crippen LogP contribution < -0.4 is 10.9 Å². The smallest absolute Gasteiger partial charge is 0.266 e. The number of pyridine rings is 1. The molecule has 0 aliphatic carbocycles. The van der Waals surface area contributed by atoms with E-state index in [1.165, 1.54) is 17.0 Å². The molecule has 0 saturated heterocycles. The molecular weight excluding hydrogens is 383 g/mol. The lowest BCUT2D eigenvalue weighted by molar-refractivity contribution is 0.637. The van der Waals surface area contributed by atoms with Crippen LogP contribution in [0.5, 0.6) is 0 Å². The van der Waals surface area contributed by atoms with E-state index in [1.54, 1.807) is 18.5 Å². The number of hydrogen-bond donors (Lipinski definition) is 2. The number of aromatic amines is 1. The average Bonchev–Trinajstić information content (AvgIpc) is 3.24. The largest absolute Gasteiger partial charge is 0.360 e. The van der Waals surface area contributed by atoms with Crippen LogP contribution in [0.3, 0.4) is 0 Å². The van der Waals surface area contributed by atoms with Crippen LogP contribution in [0.1, 0.15) is 18.7 Å². The van der Waals surface area contributed by atoms with Crippen molar-refractivity contribution in [2.75, 3.05) is 5.32 Å². The van der Waals surface area contributed by atoms with Crippen LogP contribution in [-0.2, 0) is 0 Å². The van der Waals surface area contributed by atoms with Crippen LogP contribution >= 0.6 is 0 Å². The van der Waals surface area contributed by atoms with Crippen LogP contribution in [0, 0.1) is 5.82 Å². The lowest BCUT2D eigenvalue weighted by Gasteiger charge is -2.21. The van der Waals surface area contributed by atoms with Gasteiger partial charge in [0.15, 0.2) is 11.5 Å². The van der Waals surface area contributed by atoms with Crippen LogP contribution in [-0.4, -0.2) is 24.5 Å². The fourth-order valence-corrected chi connectivity index (χ4v) is 3.66. The zero-order valence-corrected chi connectivity index (χ0v) is 16.0. The first-order valence-corrected chi connectivity index (χ1v) is 9.43. The lowest BCUT2D eigenvalue weighted by Crippen LogP contribution is -2.26. The first-order valence-electron chi connectivity index (χ1n) is 9.43. The number of benzene rings is 2. The molecule has 30 heavy (non-hydrogen) atoms. The Balaban J connectivity index is 1.71. The fraction of sp³-hybridized carbons (Fsp3) is 0.0909. The summed E-state index contributed by atoms with van der Waals surface area (Å²) in [6.07, 6.45) is 2.98. The third-order valence-corrected chi connectivity index (χ3v) is 5.06. The molecule has 2 aromatic carbocycles. The van der Waals surface area contributed by atoms with Gasteiger partial charge in [-0.3, -0.25) is 9.36 Å². The predicted octanol–water partition coefficient (Wildman–Crippen LogP) is 3.97. The number of anilines is 1. The Morgan fingerprint density at radius 2 is 1.90 bits per heavy atom. The van der Waals surface area contributed by atoms with Gasteiger partial charge in [0.05, 0.1) is 17.8 Å². The topological polar surface area (TPSA) is 88.5 Å². The average molecular weight is 400 g/mol. The summed E-state index contributed by atoms with van der Waals surface area (Å²) in [6.45, 7) is 1.92. The second-order valence-electron chi connectivity index (χ2n) is 6.94. The molecule has 5 aromatic rings. The van der Waals surface area contributed by atoms with Gasteiger partial charge in [-0.15, -0.1) is 0 Å². The van der Waals surface area contributed by atoms with E-state index in [4.69, 9.17) is 0 Å². The van der Waals surface area contributed by atoms with Crippen molar-refractivity contribution in [3.8, 4) is 5.69 Å². The van der Waals surface area contributed by atoms with Crippen molar-refractivity contribution in [1.82, 2.24) is 24.5 Å². The van der Waals surface area contributed by atoms with E-state index in [2.05, 4.69) is 25.3 Å². The number of nitrogens with one attached hydrogen (secondary N) is 2. The maximum atomic E-state index is 14.5.